The van der Waals surface area contributed by atoms with Gasteiger partial charge in [-0.1, -0.05) is 6.07 Å². The minimum Gasteiger partial charge on any atom is -0.476 e. The molecule has 0 bridgehead atoms. The van der Waals surface area contributed by atoms with Crippen molar-refractivity contribution in [2.75, 3.05) is 12.4 Å². The molecule has 0 spiro atoms. The Hall–Kier alpha value is -3.29. The second-order valence-electron chi connectivity index (χ2n) is 6.09. The molecular weight excluding hydrogens is 336 g/mol. The molecule has 8 heteroatoms. The molecule has 0 fully saturated rings. The summed E-state index contributed by atoms with van der Waals surface area (Å²) in [6.07, 6.45) is 2.10. The number of aryl methyl sites for hydroxylation is 1. The summed E-state index contributed by atoms with van der Waals surface area (Å²) in [5.74, 6) is -1.91. The lowest BCUT2D eigenvalue weighted by Crippen LogP contribution is -2.33. The molecule has 2 aromatic rings. The highest BCUT2D eigenvalue weighted by molar-refractivity contribution is 6.04. The highest BCUT2D eigenvalue weighted by Gasteiger charge is 2.18. The quantitative estimate of drug-likeness (QED) is 0.849. The fraction of sp³-hybridized carbons (Fsp3) is 0.278. The second kappa shape index (κ2) is 7.73. The van der Waals surface area contributed by atoms with Gasteiger partial charge in [0, 0.05) is 24.3 Å². The summed E-state index contributed by atoms with van der Waals surface area (Å²) in [4.78, 5) is 44.6. The lowest BCUT2D eigenvalue weighted by atomic mass is 10.1. The number of nitrogens with zero attached hydrogens (tertiary/aromatic N) is 3. The van der Waals surface area contributed by atoms with Crippen LogP contribution in [0.4, 0.5) is 5.69 Å². The topological polar surface area (TPSA) is 112 Å². The molecule has 2 amide bonds. The lowest BCUT2D eigenvalue weighted by molar-refractivity contribution is 0.0688. The maximum absolute atomic E-state index is 12.6. The predicted molar refractivity (Wildman–Crippen MR) is 95.4 cm³/mol. The van der Waals surface area contributed by atoms with Crippen molar-refractivity contribution >= 4 is 23.5 Å². The number of benzene rings is 1. The summed E-state index contributed by atoms with van der Waals surface area (Å²) < 4.78 is 0. The van der Waals surface area contributed by atoms with Crippen LogP contribution in [-0.2, 0) is 0 Å². The summed E-state index contributed by atoms with van der Waals surface area (Å²) in [7, 11) is 1.72. The number of hydrogen-bond donors (Lipinski definition) is 2. The van der Waals surface area contributed by atoms with E-state index >= 15 is 0 Å². The van der Waals surface area contributed by atoms with Crippen molar-refractivity contribution in [3.05, 3.63) is 53.1 Å². The maximum atomic E-state index is 12.6. The molecule has 8 nitrogen and oxygen atoms in total. The Morgan fingerprint density at radius 1 is 1.12 bits per heavy atom. The van der Waals surface area contributed by atoms with E-state index in [1.807, 2.05) is 20.8 Å². The van der Waals surface area contributed by atoms with Gasteiger partial charge in [-0.25, -0.2) is 14.8 Å². The Bertz CT molecular complexity index is 847. The van der Waals surface area contributed by atoms with Gasteiger partial charge in [-0.2, -0.15) is 0 Å². The third-order valence-corrected chi connectivity index (χ3v) is 3.92. The fourth-order valence-corrected chi connectivity index (χ4v) is 2.11. The molecule has 1 aromatic carbocycles. The molecule has 26 heavy (non-hydrogen) atoms. The number of anilines is 1. The number of hydrogen-bond acceptors (Lipinski definition) is 5. The van der Waals surface area contributed by atoms with Crippen LogP contribution in [-0.4, -0.2) is 50.8 Å². The minimum absolute atomic E-state index is 0.0252. The summed E-state index contributed by atoms with van der Waals surface area (Å²) >= 11 is 0. The van der Waals surface area contributed by atoms with E-state index in [2.05, 4.69) is 15.3 Å². The Balaban J connectivity index is 2.21. The van der Waals surface area contributed by atoms with Crippen molar-refractivity contribution in [3.63, 3.8) is 0 Å². The van der Waals surface area contributed by atoms with Crippen LogP contribution in [0.3, 0.4) is 0 Å². The average molecular weight is 356 g/mol. The first kappa shape index (κ1) is 19.0. The zero-order chi connectivity index (χ0) is 19.4. The van der Waals surface area contributed by atoms with Crippen molar-refractivity contribution < 1.29 is 19.5 Å². The molecule has 0 radical (unpaired) electrons. The van der Waals surface area contributed by atoms with Crippen LogP contribution in [0.15, 0.2) is 30.6 Å². The van der Waals surface area contributed by atoms with Crippen LogP contribution in [0, 0.1) is 6.92 Å². The highest BCUT2D eigenvalue weighted by Crippen LogP contribution is 2.18. The molecule has 0 saturated heterocycles. The monoisotopic (exact) mass is 356 g/mol. The molecule has 2 N–H and O–H groups in total. The number of carbonyl (C=O) groups excluding carboxylic acids is 2. The van der Waals surface area contributed by atoms with Crippen LogP contribution in [0.1, 0.15) is 50.7 Å². The number of nitrogens with one attached hydrogen (secondary N) is 1. The van der Waals surface area contributed by atoms with Gasteiger partial charge in [-0.3, -0.25) is 9.59 Å². The largest absolute Gasteiger partial charge is 0.476 e. The molecule has 0 atom stereocenters. The van der Waals surface area contributed by atoms with Gasteiger partial charge in [-0.15, -0.1) is 0 Å². The smallest absolute Gasteiger partial charge is 0.356 e. The first-order valence-corrected chi connectivity index (χ1v) is 7.95. The summed E-state index contributed by atoms with van der Waals surface area (Å²) in [6, 6.07) is 5.07. The summed E-state index contributed by atoms with van der Waals surface area (Å²) in [5, 5.41) is 11.4. The standard InChI is InChI=1S/C18H20N4O4/c1-10(2)22(4)17(24)13-7-12(6-5-11(13)3)21-16(23)14-8-20-15(9-19-14)18(25)26/h5-10H,1-4H3,(H,21,23)(H,25,26). The SMILES string of the molecule is Cc1ccc(NC(=O)c2cnc(C(=O)O)cn2)cc1C(=O)N(C)C(C)C. The van der Waals surface area contributed by atoms with Gasteiger partial charge in [0.25, 0.3) is 11.8 Å². The highest BCUT2D eigenvalue weighted by atomic mass is 16.4. The van der Waals surface area contributed by atoms with Crippen molar-refractivity contribution in [1.29, 1.82) is 0 Å². The Morgan fingerprint density at radius 3 is 2.27 bits per heavy atom. The van der Waals surface area contributed by atoms with Gasteiger partial charge in [0.2, 0.25) is 0 Å². The zero-order valence-electron chi connectivity index (χ0n) is 15.0. The molecule has 0 aliphatic carbocycles. The van der Waals surface area contributed by atoms with E-state index in [4.69, 9.17) is 5.11 Å². The molecule has 0 saturated carbocycles. The maximum Gasteiger partial charge on any atom is 0.356 e. The zero-order valence-corrected chi connectivity index (χ0v) is 15.0. The van der Waals surface area contributed by atoms with E-state index in [1.165, 1.54) is 0 Å². The molecule has 1 aromatic heterocycles. The molecule has 2 rings (SSSR count). The van der Waals surface area contributed by atoms with E-state index in [0.29, 0.717) is 11.3 Å². The van der Waals surface area contributed by atoms with Gasteiger partial charge >= 0.3 is 5.97 Å². The fourth-order valence-electron chi connectivity index (χ4n) is 2.11. The van der Waals surface area contributed by atoms with Crippen LogP contribution in [0.2, 0.25) is 0 Å². The van der Waals surface area contributed by atoms with Crippen LogP contribution < -0.4 is 5.32 Å². The van der Waals surface area contributed by atoms with E-state index in [0.717, 1.165) is 18.0 Å². The number of carboxylic acid groups (broad SMARTS) is 1. The van der Waals surface area contributed by atoms with E-state index in [9.17, 15) is 14.4 Å². The summed E-state index contributed by atoms with van der Waals surface area (Å²) in [5.41, 5.74) is 1.45. The molecule has 136 valence electrons. The third kappa shape index (κ3) is 4.21. The van der Waals surface area contributed by atoms with Crippen LogP contribution in [0.5, 0.6) is 0 Å². The van der Waals surface area contributed by atoms with Crippen LogP contribution in [0.25, 0.3) is 0 Å². The van der Waals surface area contributed by atoms with Crippen molar-refractivity contribution in [1.82, 2.24) is 14.9 Å². The van der Waals surface area contributed by atoms with Crippen LogP contribution >= 0.6 is 0 Å². The van der Waals surface area contributed by atoms with Crippen molar-refractivity contribution in [3.8, 4) is 0 Å². The number of amides is 2. The molecule has 0 aliphatic heterocycles. The Labute approximate surface area is 150 Å². The lowest BCUT2D eigenvalue weighted by Gasteiger charge is -2.22. The predicted octanol–water partition coefficient (Wildman–Crippen LogP) is 2.22. The van der Waals surface area contributed by atoms with Gasteiger partial charge in [0.1, 0.15) is 5.69 Å². The molecule has 0 unspecified atom stereocenters. The third-order valence-electron chi connectivity index (χ3n) is 3.92. The van der Waals surface area contributed by atoms with E-state index in [1.54, 1.807) is 30.1 Å². The summed E-state index contributed by atoms with van der Waals surface area (Å²) in [6.45, 7) is 5.65. The first-order chi connectivity index (χ1) is 12.2. The van der Waals surface area contributed by atoms with Crippen molar-refractivity contribution in [2.45, 2.75) is 26.8 Å². The van der Waals surface area contributed by atoms with E-state index < -0.39 is 11.9 Å². The normalized spacial score (nSPS) is 10.5. The van der Waals surface area contributed by atoms with Gasteiger partial charge in [0.05, 0.1) is 12.4 Å². The Morgan fingerprint density at radius 2 is 1.73 bits per heavy atom. The van der Waals surface area contributed by atoms with E-state index in [-0.39, 0.29) is 23.3 Å². The Kier molecular flexibility index (Phi) is 5.66. The molecule has 0 aliphatic rings. The second-order valence-corrected chi connectivity index (χ2v) is 6.09. The van der Waals surface area contributed by atoms with Gasteiger partial charge in [-0.05, 0) is 38.5 Å². The molecule has 1 heterocycles. The first-order valence-electron chi connectivity index (χ1n) is 7.95. The number of carbonyl (C=O) groups is 3. The van der Waals surface area contributed by atoms with Crippen molar-refractivity contribution in [2.24, 2.45) is 0 Å². The van der Waals surface area contributed by atoms with Gasteiger partial charge < -0.3 is 15.3 Å². The number of aromatic carboxylic acids is 1. The van der Waals surface area contributed by atoms with Gasteiger partial charge in [0.15, 0.2) is 5.69 Å². The number of rotatable bonds is 5. The minimum atomic E-state index is -1.22. The molecular formula is C18H20N4O4. The number of aromatic nitrogens is 2. The average Bonchev–Trinajstić information content (AvgIpc) is 2.62. The number of carboxylic acids is 1.